The van der Waals surface area contributed by atoms with Gasteiger partial charge in [0.25, 0.3) is 0 Å². The van der Waals surface area contributed by atoms with Gasteiger partial charge in [-0.15, -0.1) is 11.8 Å². The van der Waals surface area contributed by atoms with E-state index in [9.17, 15) is 9.59 Å². The number of thioether (sulfide) groups is 1. The number of piperazine rings is 1. The normalized spacial score (nSPS) is 17.2. The first-order valence-corrected chi connectivity index (χ1v) is 12.2. The lowest BCUT2D eigenvalue weighted by atomic mass is 10.1. The van der Waals surface area contributed by atoms with Gasteiger partial charge in [0.2, 0.25) is 0 Å². The summed E-state index contributed by atoms with van der Waals surface area (Å²) in [5, 5.41) is 8.93. The minimum atomic E-state index is -0.937. The lowest BCUT2D eigenvalue weighted by Gasteiger charge is -2.39. The molecule has 1 aliphatic rings. The molecule has 7 heteroatoms. The number of esters is 1. The van der Waals surface area contributed by atoms with E-state index in [0.717, 1.165) is 31.7 Å². The van der Waals surface area contributed by atoms with Crippen molar-refractivity contribution in [1.82, 2.24) is 9.80 Å². The molecule has 172 valence electrons. The highest BCUT2D eigenvalue weighted by Gasteiger charge is 2.23. The van der Waals surface area contributed by atoms with Crippen LogP contribution in [-0.4, -0.2) is 65.5 Å². The maximum absolute atomic E-state index is 12.3. The Kier molecular flexibility index (Phi) is 9.14. The van der Waals surface area contributed by atoms with Gasteiger partial charge in [-0.25, -0.2) is 9.59 Å². The van der Waals surface area contributed by atoms with Crippen LogP contribution in [0, 0.1) is 0 Å². The summed E-state index contributed by atoms with van der Waals surface area (Å²) < 4.78 is 5.37. The Labute approximate surface area is 194 Å². The lowest BCUT2D eigenvalue weighted by molar-refractivity contribution is 0.0578. The SMILES string of the molecule is CCCC1CN(Cc2ccc(C(=O)OCSCc3ccc(C(=O)O)cc3)cc2)CCN1C. The van der Waals surface area contributed by atoms with Crippen molar-refractivity contribution < 1.29 is 19.4 Å². The second-order valence-electron chi connectivity index (χ2n) is 8.26. The number of hydrogen-bond acceptors (Lipinski definition) is 6. The number of carbonyl (C=O) groups is 2. The van der Waals surface area contributed by atoms with E-state index in [2.05, 4.69) is 23.8 Å². The second kappa shape index (κ2) is 12.0. The highest BCUT2D eigenvalue weighted by Crippen LogP contribution is 2.17. The molecule has 1 fully saturated rings. The molecule has 3 rings (SSSR count). The number of carboxylic acids is 1. The Morgan fingerprint density at radius 2 is 1.69 bits per heavy atom. The van der Waals surface area contributed by atoms with Gasteiger partial charge < -0.3 is 14.7 Å². The monoisotopic (exact) mass is 456 g/mol. The molecular weight excluding hydrogens is 424 g/mol. The van der Waals surface area contributed by atoms with Crippen LogP contribution in [0.25, 0.3) is 0 Å². The van der Waals surface area contributed by atoms with Crippen molar-refractivity contribution in [1.29, 1.82) is 0 Å². The van der Waals surface area contributed by atoms with E-state index < -0.39 is 5.97 Å². The Morgan fingerprint density at radius 3 is 2.34 bits per heavy atom. The topological polar surface area (TPSA) is 70.1 Å². The average Bonchev–Trinajstić information content (AvgIpc) is 2.80. The second-order valence-corrected chi connectivity index (χ2v) is 9.19. The van der Waals surface area contributed by atoms with Crippen LogP contribution in [0.1, 0.15) is 51.6 Å². The van der Waals surface area contributed by atoms with E-state index in [-0.39, 0.29) is 17.5 Å². The molecule has 1 aliphatic heterocycles. The molecule has 2 aromatic carbocycles. The van der Waals surface area contributed by atoms with Crippen molar-refractivity contribution in [2.75, 3.05) is 32.6 Å². The Hall–Kier alpha value is -2.35. The average molecular weight is 457 g/mol. The standard InChI is InChI=1S/C25H32N2O4S/c1-3-4-23-16-27(14-13-26(23)2)15-19-5-11-22(12-6-19)25(30)31-18-32-17-20-7-9-21(10-8-20)24(28)29/h5-12,23H,3-4,13-18H2,1-2H3,(H,28,29). The number of benzene rings is 2. The van der Waals surface area contributed by atoms with Crippen molar-refractivity contribution in [3.05, 3.63) is 70.8 Å². The van der Waals surface area contributed by atoms with E-state index in [1.807, 2.05) is 24.3 Å². The van der Waals surface area contributed by atoms with Crippen molar-refractivity contribution in [2.45, 2.75) is 38.1 Å². The molecule has 0 saturated carbocycles. The number of rotatable bonds is 10. The van der Waals surface area contributed by atoms with Gasteiger partial charge in [0, 0.05) is 38.0 Å². The molecule has 1 heterocycles. The molecule has 1 unspecified atom stereocenters. The van der Waals surface area contributed by atoms with Crippen LogP contribution >= 0.6 is 11.8 Å². The molecule has 0 aliphatic carbocycles. The van der Waals surface area contributed by atoms with Gasteiger partial charge in [-0.05, 0) is 48.9 Å². The third-order valence-corrected chi connectivity index (χ3v) is 6.64. The van der Waals surface area contributed by atoms with Crippen LogP contribution < -0.4 is 0 Å². The fraction of sp³-hybridized carbons (Fsp3) is 0.440. The molecule has 0 spiro atoms. The zero-order valence-corrected chi connectivity index (χ0v) is 19.6. The van der Waals surface area contributed by atoms with Gasteiger partial charge in [-0.1, -0.05) is 37.6 Å². The van der Waals surface area contributed by atoms with E-state index in [1.54, 1.807) is 24.3 Å². The van der Waals surface area contributed by atoms with Crippen LogP contribution in [0.5, 0.6) is 0 Å². The smallest absolute Gasteiger partial charge is 0.338 e. The molecule has 2 aromatic rings. The summed E-state index contributed by atoms with van der Waals surface area (Å²) >= 11 is 1.47. The van der Waals surface area contributed by atoms with Crippen LogP contribution in [0.3, 0.4) is 0 Å². The maximum Gasteiger partial charge on any atom is 0.338 e. The van der Waals surface area contributed by atoms with Crippen LogP contribution in [0.2, 0.25) is 0 Å². The molecule has 6 nitrogen and oxygen atoms in total. The minimum Gasteiger partial charge on any atom is -0.478 e. The third kappa shape index (κ3) is 7.08. The minimum absolute atomic E-state index is 0.251. The molecule has 1 saturated heterocycles. The van der Waals surface area contributed by atoms with Crippen molar-refractivity contribution in [3.63, 3.8) is 0 Å². The summed E-state index contributed by atoms with van der Waals surface area (Å²) in [5.41, 5.74) is 3.02. The lowest BCUT2D eigenvalue weighted by Crippen LogP contribution is -2.50. The van der Waals surface area contributed by atoms with Gasteiger partial charge in [0.1, 0.15) is 5.94 Å². The first-order chi connectivity index (χ1) is 15.5. The molecule has 0 radical (unpaired) electrons. The Bertz CT molecular complexity index is 886. The molecule has 0 bridgehead atoms. The zero-order chi connectivity index (χ0) is 22.9. The van der Waals surface area contributed by atoms with Gasteiger partial charge in [-0.3, -0.25) is 4.90 Å². The molecule has 1 atom stereocenters. The predicted octanol–water partition coefficient (Wildman–Crippen LogP) is 4.35. The summed E-state index contributed by atoms with van der Waals surface area (Å²) in [6.45, 7) is 6.39. The van der Waals surface area contributed by atoms with Gasteiger partial charge in [0.15, 0.2) is 0 Å². The number of ether oxygens (including phenoxy) is 1. The number of nitrogens with zero attached hydrogens (tertiary/aromatic N) is 2. The van der Waals surface area contributed by atoms with Crippen LogP contribution in [-0.2, 0) is 17.0 Å². The van der Waals surface area contributed by atoms with Crippen LogP contribution in [0.4, 0.5) is 0 Å². The molecule has 0 amide bonds. The molecular formula is C25H32N2O4S. The number of aromatic carboxylic acids is 1. The van der Waals surface area contributed by atoms with Crippen LogP contribution in [0.15, 0.2) is 48.5 Å². The fourth-order valence-electron chi connectivity index (χ4n) is 3.88. The number of carboxylic acid groups (broad SMARTS) is 1. The van der Waals surface area contributed by atoms with E-state index in [1.165, 1.54) is 30.2 Å². The van der Waals surface area contributed by atoms with Gasteiger partial charge >= 0.3 is 11.9 Å². The number of likely N-dealkylation sites (N-methyl/N-ethyl adjacent to an activating group) is 1. The maximum atomic E-state index is 12.3. The zero-order valence-electron chi connectivity index (χ0n) is 18.8. The van der Waals surface area contributed by atoms with E-state index >= 15 is 0 Å². The van der Waals surface area contributed by atoms with Gasteiger partial charge in [-0.2, -0.15) is 0 Å². The molecule has 0 aromatic heterocycles. The Morgan fingerprint density at radius 1 is 1.03 bits per heavy atom. The summed E-state index contributed by atoms with van der Waals surface area (Å²) in [7, 11) is 2.21. The summed E-state index contributed by atoms with van der Waals surface area (Å²) in [4.78, 5) is 28.2. The summed E-state index contributed by atoms with van der Waals surface area (Å²) in [5.74, 6) is -0.362. The van der Waals surface area contributed by atoms with E-state index in [4.69, 9.17) is 9.84 Å². The predicted molar refractivity (Wildman–Crippen MR) is 128 cm³/mol. The number of hydrogen-bond donors (Lipinski definition) is 1. The first kappa shape index (κ1) is 24.3. The van der Waals surface area contributed by atoms with Crippen molar-refractivity contribution >= 4 is 23.7 Å². The third-order valence-electron chi connectivity index (χ3n) is 5.82. The van der Waals surface area contributed by atoms with Crippen molar-refractivity contribution in [3.8, 4) is 0 Å². The highest BCUT2D eigenvalue weighted by molar-refractivity contribution is 7.98. The Balaban J connectivity index is 1.41. The first-order valence-electron chi connectivity index (χ1n) is 11.0. The largest absolute Gasteiger partial charge is 0.478 e. The summed E-state index contributed by atoms with van der Waals surface area (Å²) in [6, 6.07) is 15.1. The molecule has 32 heavy (non-hydrogen) atoms. The molecule has 1 N–H and O–H groups in total. The highest BCUT2D eigenvalue weighted by atomic mass is 32.2. The fourth-order valence-corrected chi connectivity index (χ4v) is 4.59. The quantitative estimate of drug-likeness (QED) is 0.324. The van der Waals surface area contributed by atoms with E-state index in [0.29, 0.717) is 17.4 Å². The van der Waals surface area contributed by atoms with Crippen molar-refractivity contribution in [2.24, 2.45) is 0 Å². The number of carbonyl (C=O) groups excluding carboxylic acids is 1. The summed E-state index contributed by atoms with van der Waals surface area (Å²) in [6.07, 6.45) is 2.43. The van der Waals surface area contributed by atoms with Gasteiger partial charge in [0.05, 0.1) is 11.1 Å².